The van der Waals surface area contributed by atoms with Gasteiger partial charge in [0.25, 0.3) is 0 Å². The largest absolute Gasteiger partial charge is 0.471 e. The monoisotopic (exact) mass is 522 g/mol. The summed E-state index contributed by atoms with van der Waals surface area (Å²) in [6, 6.07) is 5.60. The summed E-state index contributed by atoms with van der Waals surface area (Å²) in [6.07, 6.45) is -0.929. The predicted molar refractivity (Wildman–Crippen MR) is 126 cm³/mol. The molecular formula is C24H29F3N6O4. The number of alkyl halides is 3. The Morgan fingerprint density at radius 1 is 1.05 bits per heavy atom. The van der Waals surface area contributed by atoms with E-state index in [2.05, 4.69) is 25.3 Å². The second kappa shape index (κ2) is 11.2. The first-order valence-corrected chi connectivity index (χ1v) is 12.2. The first-order valence-electron chi connectivity index (χ1n) is 12.2. The molecule has 0 spiro atoms. The number of nitrogens with one attached hydrogen (secondary N) is 2. The van der Waals surface area contributed by atoms with Crippen LogP contribution in [0.1, 0.15) is 44.9 Å². The Kier molecular flexibility index (Phi) is 7.98. The first kappa shape index (κ1) is 26.4. The zero-order valence-electron chi connectivity index (χ0n) is 20.4. The molecule has 37 heavy (non-hydrogen) atoms. The van der Waals surface area contributed by atoms with Crippen molar-refractivity contribution in [3.63, 3.8) is 0 Å². The number of urea groups is 1. The Hall–Kier alpha value is -3.64. The summed E-state index contributed by atoms with van der Waals surface area (Å²) in [5.41, 5.74) is 0.767. The fourth-order valence-electron chi connectivity index (χ4n) is 4.65. The van der Waals surface area contributed by atoms with Crippen LogP contribution in [0.15, 0.2) is 28.8 Å². The molecule has 0 radical (unpaired) electrons. The van der Waals surface area contributed by atoms with Gasteiger partial charge in [0.1, 0.15) is 0 Å². The molecule has 2 saturated heterocycles. The molecule has 3 heterocycles. The van der Waals surface area contributed by atoms with Crippen LogP contribution in [0, 0.1) is 5.92 Å². The number of anilines is 1. The summed E-state index contributed by atoms with van der Waals surface area (Å²) in [5, 5.41) is 9.15. The lowest BCUT2D eigenvalue weighted by atomic mass is 9.95. The molecule has 2 aliphatic rings. The molecule has 10 nitrogen and oxygen atoms in total. The van der Waals surface area contributed by atoms with Gasteiger partial charge >= 0.3 is 18.1 Å². The van der Waals surface area contributed by atoms with Crippen LogP contribution in [0.3, 0.4) is 0 Å². The highest BCUT2D eigenvalue weighted by atomic mass is 19.4. The van der Waals surface area contributed by atoms with E-state index >= 15 is 0 Å². The number of carbonyl (C=O) groups excluding carboxylic acids is 3. The number of benzene rings is 1. The number of nitrogens with zero attached hydrogens (tertiary/aromatic N) is 4. The molecule has 200 valence electrons. The molecular weight excluding hydrogens is 493 g/mol. The molecule has 2 aromatic rings. The second-order valence-electron chi connectivity index (χ2n) is 9.30. The summed E-state index contributed by atoms with van der Waals surface area (Å²) in [4.78, 5) is 44.0. The van der Waals surface area contributed by atoms with Gasteiger partial charge in [0, 0.05) is 50.3 Å². The van der Waals surface area contributed by atoms with Crippen molar-refractivity contribution in [3.8, 4) is 11.4 Å². The zero-order chi connectivity index (χ0) is 26.6. The predicted octanol–water partition coefficient (Wildman–Crippen LogP) is 3.52. The summed E-state index contributed by atoms with van der Waals surface area (Å²) < 4.78 is 42.3. The minimum Gasteiger partial charge on any atom is -0.354 e. The van der Waals surface area contributed by atoms with Crippen LogP contribution >= 0.6 is 0 Å². The molecule has 13 heteroatoms. The van der Waals surface area contributed by atoms with Gasteiger partial charge in [0.05, 0.1) is 6.04 Å². The van der Waals surface area contributed by atoms with Crippen LogP contribution in [0.25, 0.3) is 11.4 Å². The van der Waals surface area contributed by atoms with Gasteiger partial charge in [0.2, 0.25) is 17.6 Å². The van der Waals surface area contributed by atoms with Gasteiger partial charge in [-0.05, 0) is 56.4 Å². The van der Waals surface area contributed by atoms with Crippen molar-refractivity contribution in [1.29, 1.82) is 0 Å². The lowest BCUT2D eigenvalue weighted by Crippen LogP contribution is -2.52. The van der Waals surface area contributed by atoms with Crippen LogP contribution < -0.4 is 10.6 Å². The van der Waals surface area contributed by atoms with Crippen molar-refractivity contribution in [2.24, 2.45) is 5.92 Å². The SMILES string of the molecule is CC(=O)N1CCC(C(=O)NCC2CCCCN2C(=O)Nc2ccc(-c3noc(C(F)(F)F)n3)cc2)CC1. The maximum atomic E-state index is 13.0. The topological polar surface area (TPSA) is 121 Å². The number of carbonyl (C=O) groups is 3. The fourth-order valence-corrected chi connectivity index (χ4v) is 4.65. The second-order valence-corrected chi connectivity index (χ2v) is 9.30. The average molecular weight is 523 g/mol. The molecule has 4 amide bonds. The van der Waals surface area contributed by atoms with Crippen LogP contribution in [0.2, 0.25) is 0 Å². The van der Waals surface area contributed by atoms with Gasteiger partial charge in [-0.25, -0.2) is 4.79 Å². The molecule has 0 saturated carbocycles. The summed E-state index contributed by atoms with van der Waals surface area (Å²) in [6.45, 7) is 3.56. The third kappa shape index (κ3) is 6.57. The van der Waals surface area contributed by atoms with Crippen molar-refractivity contribution in [2.45, 2.75) is 51.2 Å². The molecule has 2 aliphatic heterocycles. The highest BCUT2D eigenvalue weighted by Crippen LogP contribution is 2.29. The molecule has 0 aliphatic carbocycles. The van der Waals surface area contributed by atoms with E-state index in [-0.39, 0.29) is 35.6 Å². The highest BCUT2D eigenvalue weighted by molar-refractivity contribution is 5.90. The maximum Gasteiger partial charge on any atom is 0.471 e. The Morgan fingerprint density at radius 3 is 2.38 bits per heavy atom. The van der Waals surface area contributed by atoms with Crippen molar-refractivity contribution >= 4 is 23.5 Å². The number of piperidine rings is 2. The Morgan fingerprint density at radius 2 is 1.76 bits per heavy atom. The van der Waals surface area contributed by atoms with E-state index < -0.39 is 12.1 Å². The smallest absolute Gasteiger partial charge is 0.354 e. The molecule has 1 aromatic carbocycles. The van der Waals surface area contributed by atoms with E-state index in [1.807, 2.05) is 0 Å². The fraction of sp³-hybridized carbons (Fsp3) is 0.542. The lowest BCUT2D eigenvalue weighted by molar-refractivity contribution is -0.159. The van der Waals surface area contributed by atoms with Crippen LogP contribution in [-0.4, -0.2) is 70.0 Å². The van der Waals surface area contributed by atoms with Gasteiger partial charge < -0.3 is 25.0 Å². The van der Waals surface area contributed by atoms with Gasteiger partial charge in [-0.15, -0.1) is 0 Å². The molecule has 4 rings (SSSR count). The number of amides is 4. The lowest BCUT2D eigenvalue weighted by Gasteiger charge is -2.36. The minimum atomic E-state index is -4.73. The van der Waals surface area contributed by atoms with Crippen LogP contribution in [0.4, 0.5) is 23.7 Å². The minimum absolute atomic E-state index is 0.0164. The van der Waals surface area contributed by atoms with E-state index in [4.69, 9.17) is 0 Å². The molecule has 1 atom stereocenters. The normalized spacial score (nSPS) is 19.0. The molecule has 2 N–H and O–H groups in total. The molecule has 0 bridgehead atoms. The third-order valence-corrected chi connectivity index (χ3v) is 6.77. The quantitative estimate of drug-likeness (QED) is 0.620. The van der Waals surface area contributed by atoms with E-state index in [0.29, 0.717) is 50.3 Å². The standard InChI is InChI=1S/C24H29F3N6O4/c1-15(34)32-12-9-17(10-13-32)21(35)28-14-19-4-2-3-11-33(19)23(36)29-18-7-5-16(6-8-18)20-30-22(37-31-20)24(25,26)27/h5-8,17,19H,2-4,9-14H2,1H3,(H,28,35)(H,29,36). The first-order chi connectivity index (χ1) is 17.6. The van der Waals surface area contributed by atoms with Crippen LogP contribution in [-0.2, 0) is 15.8 Å². The number of likely N-dealkylation sites (tertiary alicyclic amines) is 2. The number of aromatic nitrogens is 2. The van der Waals surface area contributed by atoms with Crippen molar-refractivity contribution < 1.29 is 32.1 Å². The number of hydrogen-bond donors (Lipinski definition) is 2. The van der Waals surface area contributed by atoms with Gasteiger partial charge in [-0.2, -0.15) is 18.2 Å². The summed E-state index contributed by atoms with van der Waals surface area (Å²) in [7, 11) is 0. The summed E-state index contributed by atoms with van der Waals surface area (Å²) in [5.74, 6) is -1.82. The molecule has 1 aromatic heterocycles. The zero-order valence-corrected chi connectivity index (χ0v) is 20.4. The average Bonchev–Trinajstić information content (AvgIpc) is 3.39. The van der Waals surface area contributed by atoms with Gasteiger partial charge in [-0.1, -0.05) is 5.16 Å². The number of halogens is 3. The Labute approximate surface area is 211 Å². The number of hydrogen-bond acceptors (Lipinski definition) is 6. The third-order valence-electron chi connectivity index (χ3n) is 6.77. The Bertz CT molecular complexity index is 1110. The summed E-state index contributed by atoms with van der Waals surface area (Å²) >= 11 is 0. The van der Waals surface area contributed by atoms with Crippen molar-refractivity contribution in [3.05, 3.63) is 30.2 Å². The Balaban J connectivity index is 1.30. The molecule has 1 unspecified atom stereocenters. The maximum absolute atomic E-state index is 13.0. The van der Waals surface area contributed by atoms with E-state index in [0.717, 1.165) is 19.3 Å². The molecule has 2 fully saturated rings. The van der Waals surface area contributed by atoms with Gasteiger partial charge in [0.15, 0.2) is 0 Å². The van der Waals surface area contributed by atoms with Crippen molar-refractivity contribution in [2.75, 3.05) is 31.5 Å². The van der Waals surface area contributed by atoms with Crippen molar-refractivity contribution in [1.82, 2.24) is 25.3 Å². The highest BCUT2D eigenvalue weighted by Gasteiger charge is 2.38. The van der Waals surface area contributed by atoms with E-state index in [1.54, 1.807) is 21.9 Å². The number of rotatable bonds is 5. The van der Waals surface area contributed by atoms with E-state index in [9.17, 15) is 27.6 Å². The van der Waals surface area contributed by atoms with Crippen LogP contribution in [0.5, 0.6) is 0 Å². The van der Waals surface area contributed by atoms with Gasteiger partial charge in [-0.3, -0.25) is 9.59 Å². The van der Waals surface area contributed by atoms with E-state index in [1.165, 1.54) is 19.1 Å².